The molecule has 0 fully saturated rings. The molecule has 1 amide bonds. The van der Waals surface area contributed by atoms with Gasteiger partial charge in [0.15, 0.2) is 0 Å². The molecule has 0 atom stereocenters. The maximum absolute atomic E-state index is 13.8. The average Bonchev–Trinajstić information content (AvgIpc) is 3.45. The zero-order chi connectivity index (χ0) is 25.2. The predicted octanol–water partition coefficient (Wildman–Crippen LogP) is 6.19. The van der Waals surface area contributed by atoms with E-state index in [1.807, 2.05) is 55.8 Å². The summed E-state index contributed by atoms with van der Waals surface area (Å²) in [6.07, 6.45) is 6.43. The van der Waals surface area contributed by atoms with Gasteiger partial charge in [0.1, 0.15) is 5.00 Å². The Morgan fingerprint density at radius 3 is 2.75 bits per heavy atom. The molecule has 0 bridgehead atoms. The van der Waals surface area contributed by atoms with Gasteiger partial charge >= 0.3 is 5.97 Å². The lowest BCUT2D eigenvalue weighted by atomic mass is 9.95. The third kappa shape index (κ3) is 4.41. The van der Waals surface area contributed by atoms with Crippen molar-refractivity contribution in [3.05, 3.63) is 63.8 Å². The van der Waals surface area contributed by atoms with Crippen molar-refractivity contribution in [1.29, 1.82) is 0 Å². The number of carbonyl (C=O) groups excluding carboxylic acids is 2. The van der Waals surface area contributed by atoms with Crippen LogP contribution in [0.3, 0.4) is 0 Å². The van der Waals surface area contributed by atoms with E-state index in [9.17, 15) is 9.59 Å². The third-order valence-electron chi connectivity index (χ3n) is 6.68. The Morgan fingerprint density at radius 2 is 1.97 bits per heavy atom. The molecule has 0 radical (unpaired) electrons. The van der Waals surface area contributed by atoms with Crippen LogP contribution >= 0.6 is 11.3 Å². The Hall–Kier alpha value is -3.52. The second kappa shape index (κ2) is 10.2. The number of ether oxygens (including phenoxy) is 1. The van der Waals surface area contributed by atoms with Crippen LogP contribution in [0.25, 0.3) is 22.2 Å². The molecular weight excluding hydrogens is 472 g/mol. The minimum Gasteiger partial charge on any atom is -0.462 e. The van der Waals surface area contributed by atoms with E-state index < -0.39 is 0 Å². The molecule has 3 heterocycles. The Balaban J connectivity index is 1.57. The number of aryl methyl sites for hydroxylation is 2. The summed E-state index contributed by atoms with van der Waals surface area (Å²) in [5.74, 6) is -0.618. The first-order valence-electron chi connectivity index (χ1n) is 12.6. The van der Waals surface area contributed by atoms with Crippen LogP contribution in [0.5, 0.6) is 0 Å². The summed E-state index contributed by atoms with van der Waals surface area (Å²) in [5, 5.41) is 8.86. The zero-order valence-corrected chi connectivity index (χ0v) is 21.7. The molecule has 1 aliphatic rings. The van der Waals surface area contributed by atoms with E-state index in [0.717, 1.165) is 66.4 Å². The fourth-order valence-electron chi connectivity index (χ4n) is 4.83. The van der Waals surface area contributed by atoms with Gasteiger partial charge in [0.05, 0.1) is 35.1 Å². The number of rotatable bonds is 7. The van der Waals surface area contributed by atoms with Crippen molar-refractivity contribution in [3.63, 3.8) is 0 Å². The van der Waals surface area contributed by atoms with Crippen LogP contribution in [0.4, 0.5) is 5.00 Å². The molecule has 5 rings (SSSR count). The van der Waals surface area contributed by atoms with Crippen molar-refractivity contribution in [1.82, 2.24) is 14.8 Å². The lowest BCUT2D eigenvalue weighted by Gasteiger charge is -2.13. The molecule has 0 spiro atoms. The van der Waals surface area contributed by atoms with Gasteiger partial charge in [-0.25, -0.2) is 9.78 Å². The van der Waals surface area contributed by atoms with Gasteiger partial charge in [-0.2, -0.15) is 5.10 Å². The SMILES string of the molecule is CCCOC(=O)c1c(NC(=O)c2cc(-c3cnn(CC)c3C)nc3ccccc23)sc2c1CCCC2. The lowest BCUT2D eigenvalue weighted by molar-refractivity contribution is 0.0505. The highest BCUT2D eigenvalue weighted by Crippen LogP contribution is 2.39. The molecule has 1 N–H and O–H groups in total. The van der Waals surface area contributed by atoms with Gasteiger partial charge in [-0.15, -0.1) is 11.3 Å². The van der Waals surface area contributed by atoms with Crippen molar-refractivity contribution < 1.29 is 14.3 Å². The number of thiophene rings is 1. The Bertz CT molecular complexity index is 1450. The summed E-state index contributed by atoms with van der Waals surface area (Å²) in [6.45, 7) is 7.14. The average molecular weight is 503 g/mol. The first kappa shape index (κ1) is 24.2. The van der Waals surface area contributed by atoms with E-state index in [1.54, 1.807) is 6.20 Å². The molecule has 8 heteroatoms. The highest BCUT2D eigenvalue weighted by atomic mass is 32.1. The van der Waals surface area contributed by atoms with Crippen molar-refractivity contribution in [3.8, 4) is 11.3 Å². The van der Waals surface area contributed by atoms with E-state index >= 15 is 0 Å². The monoisotopic (exact) mass is 502 g/mol. The number of aromatic nitrogens is 3. The summed E-state index contributed by atoms with van der Waals surface area (Å²) < 4.78 is 7.41. The van der Waals surface area contributed by atoms with Crippen LogP contribution in [0, 0.1) is 6.92 Å². The number of hydrogen-bond acceptors (Lipinski definition) is 6. The Morgan fingerprint density at radius 1 is 1.17 bits per heavy atom. The van der Waals surface area contributed by atoms with E-state index in [2.05, 4.69) is 10.4 Å². The quantitative estimate of drug-likeness (QED) is 0.305. The molecule has 0 aliphatic heterocycles. The number of para-hydroxylation sites is 1. The van der Waals surface area contributed by atoms with Gasteiger partial charge in [-0.3, -0.25) is 9.48 Å². The van der Waals surface area contributed by atoms with Crippen LogP contribution in [0.15, 0.2) is 36.5 Å². The van der Waals surface area contributed by atoms with Crippen LogP contribution in [0.2, 0.25) is 0 Å². The molecule has 4 aromatic rings. The smallest absolute Gasteiger partial charge is 0.341 e. The number of amides is 1. The molecule has 1 aliphatic carbocycles. The third-order valence-corrected chi connectivity index (χ3v) is 7.89. The molecule has 0 saturated carbocycles. The normalized spacial score (nSPS) is 13.0. The minimum atomic E-state index is -0.352. The number of hydrogen-bond donors (Lipinski definition) is 1. The summed E-state index contributed by atoms with van der Waals surface area (Å²) in [7, 11) is 0. The second-order valence-electron chi connectivity index (χ2n) is 9.04. The zero-order valence-electron chi connectivity index (χ0n) is 20.9. The van der Waals surface area contributed by atoms with E-state index in [1.165, 1.54) is 16.2 Å². The van der Waals surface area contributed by atoms with Gasteiger partial charge in [0, 0.05) is 28.1 Å². The Labute approximate surface area is 214 Å². The topological polar surface area (TPSA) is 86.1 Å². The van der Waals surface area contributed by atoms with E-state index in [-0.39, 0.29) is 11.9 Å². The summed E-state index contributed by atoms with van der Waals surface area (Å²) >= 11 is 1.50. The number of carbonyl (C=O) groups is 2. The van der Waals surface area contributed by atoms with Gasteiger partial charge < -0.3 is 10.1 Å². The predicted molar refractivity (Wildman–Crippen MR) is 143 cm³/mol. The minimum absolute atomic E-state index is 0.265. The largest absolute Gasteiger partial charge is 0.462 e. The first-order valence-corrected chi connectivity index (χ1v) is 13.4. The summed E-state index contributed by atoms with van der Waals surface area (Å²) in [5.41, 5.74) is 5.39. The Kier molecular flexibility index (Phi) is 6.87. The van der Waals surface area contributed by atoms with Crippen LogP contribution in [-0.4, -0.2) is 33.2 Å². The van der Waals surface area contributed by atoms with Crippen LogP contribution in [-0.2, 0) is 24.1 Å². The van der Waals surface area contributed by atoms with Crippen molar-refractivity contribution >= 4 is 39.1 Å². The van der Waals surface area contributed by atoms with Gasteiger partial charge in [-0.1, -0.05) is 25.1 Å². The van der Waals surface area contributed by atoms with Gasteiger partial charge in [0.25, 0.3) is 5.91 Å². The standard InChI is InChI=1S/C28H30N4O3S/c1-4-14-35-28(34)25-19-11-7-9-13-24(19)36-27(25)31-26(33)20-15-23(21-16-29-32(5-2)17(21)3)30-22-12-8-6-10-18(20)22/h6,8,10,12,15-16H,4-5,7,9,11,13-14H2,1-3H3,(H,31,33). The number of nitrogens with zero attached hydrogens (tertiary/aromatic N) is 3. The highest BCUT2D eigenvalue weighted by Gasteiger charge is 2.28. The molecule has 36 heavy (non-hydrogen) atoms. The maximum atomic E-state index is 13.8. The maximum Gasteiger partial charge on any atom is 0.341 e. The molecule has 3 aromatic heterocycles. The summed E-state index contributed by atoms with van der Waals surface area (Å²) in [4.78, 5) is 32.8. The van der Waals surface area contributed by atoms with E-state index in [0.29, 0.717) is 28.4 Å². The molecular formula is C28H30N4O3S. The first-order chi connectivity index (χ1) is 17.5. The number of fused-ring (bicyclic) bond motifs is 2. The van der Waals surface area contributed by atoms with Gasteiger partial charge in [0.2, 0.25) is 0 Å². The second-order valence-corrected chi connectivity index (χ2v) is 10.1. The highest BCUT2D eigenvalue weighted by molar-refractivity contribution is 7.17. The fraction of sp³-hybridized carbons (Fsp3) is 0.357. The molecule has 7 nitrogen and oxygen atoms in total. The number of benzene rings is 1. The number of esters is 1. The number of anilines is 1. The van der Waals surface area contributed by atoms with Gasteiger partial charge in [-0.05, 0) is 63.6 Å². The lowest BCUT2D eigenvalue weighted by Crippen LogP contribution is -2.16. The van der Waals surface area contributed by atoms with Crippen LogP contribution in [0.1, 0.15) is 70.0 Å². The van der Waals surface area contributed by atoms with Crippen molar-refractivity contribution in [2.75, 3.05) is 11.9 Å². The van der Waals surface area contributed by atoms with E-state index in [4.69, 9.17) is 9.72 Å². The molecule has 1 aromatic carbocycles. The molecule has 186 valence electrons. The molecule has 0 saturated heterocycles. The van der Waals surface area contributed by atoms with Crippen LogP contribution < -0.4 is 5.32 Å². The van der Waals surface area contributed by atoms with Crippen molar-refractivity contribution in [2.24, 2.45) is 0 Å². The number of pyridine rings is 1. The van der Waals surface area contributed by atoms with Crippen molar-refractivity contribution in [2.45, 2.75) is 59.4 Å². The summed E-state index contributed by atoms with van der Waals surface area (Å²) in [6, 6.07) is 9.45. The fourth-order valence-corrected chi connectivity index (χ4v) is 6.10. The number of nitrogens with one attached hydrogen (secondary N) is 1. The molecule has 0 unspecified atom stereocenters.